The Balaban J connectivity index is 1.75. The summed E-state index contributed by atoms with van der Waals surface area (Å²) in [6.45, 7) is 0. The van der Waals surface area contributed by atoms with Crippen molar-refractivity contribution < 1.29 is 22.4 Å². The van der Waals surface area contributed by atoms with Gasteiger partial charge in [-0.15, -0.1) is 11.6 Å². The third-order valence-electron chi connectivity index (χ3n) is 5.80. The maximum Gasteiger partial charge on any atom is 0.282 e. The maximum atomic E-state index is 14.0. The Bertz CT molecular complexity index is 671. The second-order valence-corrected chi connectivity index (χ2v) is 8.22. The summed E-state index contributed by atoms with van der Waals surface area (Å²) < 4.78 is 55.1. The van der Waals surface area contributed by atoms with Crippen molar-refractivity contribution in [3.63, 3.8) is 0 Å². The summed E-state index contributed by atoms with van der Waals surface area (Å²) >= 11 is 6.09. The molecule has 0 aromatic carbocycles. The zero-order valence-corrected chi connectivity index (χ0v) is 15.8. The highest BCUT2D eigenvalue weighted by molar-refractivity contribution is 6.21. The molecule has 0 saturated heterocycles. The number of rotatable bonds is 4. The highest BCUT2D eigenvalue weighted by Crippen LogP contribution is 2.41. The first-order chi connectivity index (χ1) is 12.8. The number of halogens is 5. The number of aryl methyl sites for hydroxylation is 1. The fourth-order valence-electron chi connectivity index (χ4n) is 4.46. The molecule has 1 amide bonds. The van der Waals surface area contributed by atoms with E-state index in [1.165, 1.54) is 13.2 Å². The largest absolute Gasteiger partial charge is 0.349 e. The summed E-state index contributed by atoms with van der Waals surface area (Å²) in [6, 6.07) is -0.489. The van der Waals surface area contributed by atoms with Crippen LogP contribution in [-0.2, 0) is 7.05 Å². The number of alkyl halides is 5. The number of nitrogens with zero attached hydrogens (tertiary/aromatic N) is 2. The Morgan fingerprint density at radius 2 is 2.00 bits per heavy atom. The van der Waals surface area contributed by atoms with Gasteiger partial charge in [0.25, 0.3) is 12.3 Å². The normalized spacial score (nSPS) is 34.6. The number of carbonyl (C=O) groups is 1. The lowest BCUT2D eigenvalue weighted by atomic mass is 9.70. The van der Waals surface area contributed by atoms with E-state index in [1.807, 2.05) is 0 Å². The lowest BCUT2D eigenvalue weighted by Crippen LogP contribution is -2.48. The molecular weight excluding hydrogens is 386 g/mol. The predicted molar refractivity (Wildman–Crippen MR) is 93.5 cm³/mol. The van der Waals surface area contributed by atoms with Crippen molar-refractivity contribution in [1.82, 2.24) is 15.1 Å². The number of carbonyl (C=O) groups excluding carboxylic acids is 1. The molecule has 6 atom stereocenters. The third kappa shape index (κ3) is 4.58. The minimum Gasteiger partial charge on any atom is -0.349 e. The van der Waals surface area contributed by atoms with E-state index in [1.54, 1.807) is 0 Å². The minimum atomic E-state index is -2.88. The lowest BCUT2D eigenvalue weighted by molar-refractivity contribution is 0.0704. The van der Waals surface area contributed by atoms with Gasteiger partial charge in [0.15, 0.2) is 0 Å². The van der Waals surface area contributed by atoms with Crippen LogP contribution in [0.25, 0.3) is 0 Å². The summed E-state index contributed by atoms with van der Waals surface area (Å²) in [5.41, 5.74) is -0.784. The quantitative estimate of drug-likeness (QED) is 0.594. The highest BCUT2D eigenvalue weighted by atomic mass is 35.5. The van der Waals surface area contributed by atoms with Gasteiger partial charge in [-0.25, -0.2) is 17.6 Å². The van der Waals surface area contributed by atoms with Crippen molar-refractivity contribution in [3.05, 3.63) is 17.5 Å². The molecule has 2 aliphatic carbocycles. The molecule has 0 spiro atoms. The van der Waals surface area contributed by atoms with E-state index in [4.69, 9.17) is 11.6 Å². The summed E-state index contributed by atoms with van der Waals surface area (Å²) in [6.07, 6.45) is -1.20. The molecule has 0 radical (unpaired) electrons. The van der Waals surface area contributed by atoms with Crippen molar-refractivity contribution >= 4 is 17.5 Å². The van der Waals surface area contributed by atoms with Gasteiger partial charge in [-0.2, -0.15) is 5.10 Å². The number of amides is 1. The number of aromatic nitrogens is 2. The van der Waals surface area contributed by atoms with E-state index >= 15 is 0 Å². The molecule has 27 heavy (non-hydrogen) atoms. The topological polar surface area (TPSA) is 46.9 Å². The first-order valence-corrected chi connectivity index (χ1v) is 9.74. The Morgan fingerprint density at radius 1 is 1.26 bits per heavy atom. The zero-order chi connectivity index (χ0) is 19.7. The van der Waals surface area contributed by atoms with Gasteiger partial charge >= 0.3 is 0 Å². The smallest absolute Gasteiger partial charge is 0.282 e. The molecule has 1 heterocycles. The first-order valence-electron chi connectivity index (χ1n) is 9.31. The Kier molecular flexibility index (Phi) is 6.33. The van der Waals surface area contributed by atoms with Crippen LogP contribution in [0.1, 0.15) is 61.0 Å². The average molecular weight is 410 g/mol. The lowest BCUT2D eigenvalue weighted by Gasteiger charge is -2.41. The fraction of sp³-hybridized carbons (Fsp3) is 0.778. The van der Waals surface area contributed by atoms with Crippen LogP contribution >= 0.6 is 11.6 Å². The van der Waals surface area contributed by atoms with Crippen LogP contribution in [0.5, 0.6) is 0 Å². The molecule has 0 aliphatic heterocycles. The van der Waals surface area contributed by atoms with E-state index < -0.39 is 41.8 Å². The van der Waals surface area contributed by atoms with E-state index in [-0.39, 0.29) is 23.8 Å². The number of hydrogen-bond donors (Lipinski definition) is 1. The van der Waals surface area contributed by atoms with E-state index in [0.29, 0.717) is 32.1 Å². The molecule has 1 aromatic heterocycles. The van der Waals surface area contributed by atoms with E-state index in [2.05, 4.69) is 10.4 Å². The summed E-state index contributed by atoms with van der Waals surface area (Å²) in [5, 5.41) is 5.81. The Morgan fingerprint density at radius 3 is 2.67 bits per heavy atom. The molecule has 152 valence electrons. The number of hydrogen-bond acceptors (Lipinski definition) is 2. The van der Waals surface area contributed by atoms with Gasteiger partial charge in [0, 0.05) is 19.3 Å². The molecule has 1 N–H and O–H groups in total. The third-order valence-corrected chi connectivity index (χ3v) is 6.26. The SMILES string of the molecule is Cn1cc(C(=O)NC2CC(F)CCC2C2CCC(F)C(Cl)C2)c(C(F)F)n1. The van der Waals surface area contributed by atoms with E-state index in [9.17, 15) is 22.4 Å². The summed E-state index contributed by atoms with van der Waals surface area (Å²) in [7, 11) is 1.46. The zero-order valence-electron chi connectivity index (χ0n) is 15.1. The molecule has 3 rings (SSSR count). The highest BCUT2D eigenvalue weighted by Gasteiger charge is 2.40. The molecule has 6 unspecified atom stereocenters. The van der Waals surface area contributed by atoms with Crippen molar-refractivity contribution in [2.75, 3.05) is 0 Å². The Labute approximate surface area is 160 Å². The molecule has 1 aromatic rings. The van der Waals surface area contributed by atoms with Crippen molar-refractivity contribution in [2.45, 2.75) is 68.7 Å². The molecule has 2 saturated carbocycles. The second-order valence-electron chi connectivity index (χ2n) is 7.66. The standard InChI is InChI=1S/C18H24ClF4N3O/c1-26-8-12(16(25-26)17(22)23)18(27)24-15-7-10(20)3-4-11(15)9-2-5-14(21)13(19)6-9/h8-11,13-15,17H,2-7H2,1H3,(H,24,27). The van der Waals surface area contributed by atoms with Crippen LogP contribution in [0, 0.1) is 11.8 Å². The van der Waals surface area contributed by atoms with Gasteiger partial charge < -0.3 is 5.32 Å². The molecule has 0 bridgehead atoms. The maximum absolute atomic E-state index is 14.0. The average Bonchev–Trinajstić information content (AvgIpc) is 3.00. The van der Waals surface area contributed by atoms with Gasteiger partial charge in [0.05, 0.1) is 10.9 Å². The fourth-order valence-corrected chi connectivity index (χ4v) is 4.81. The molecule has 9 heteroatoms. The molecule has 4 nitrogen and oxygen atoms in total. The molecular formula is C18H24ClF4N3O. The van der Waals surface area contributed by atoms with Crippen LogP contribution in [0.15, 0.2) is 6.20 Å². The van der Waals surface area contributed by atoms with Gasteiger partial charge in [-0.3, -0.25) is 9.48 Å². The predicted octanol–water partition coefficient (Wildman–Crippen LogP) is 4.34. The second kappa shape index (κ2) is 8.37. The van der Waals surface area contributed by atoms with Crippen LogP contribution in [-0.4, -0.2) is 39.4 Å². The molecule has 2 fully saturated rings. The summed E-state index contributed by atoms with van der Waals surface area (Å²) in [4.78, 5) is 12.6. The van der Waals surface area contributed by atoms with Crippen LogP contribution < -0.4 is 5.32 Å². The van der Waals surface area contributed by atoms with Crippen molar-refractivity contribution in [3.8, 4) is 0 Å². The monoisotopic (exact) mass is 409 g/mol. The Hall–Kier alpha value is -1.31. The van der Waals surface area contributed by atoms with Crippen molar-refractivity contribution in [2.24, 2.45) is 18.9 Å². The van der Waals surface area contributed by atoms with Crippen LogP contribution in [0.3, 0.4) is 0 Å². The first kappa shape index (κ1) is 20.4. The van der Waals surface area contributed by atoms with Gasteiger partial charge in [-0.05, 0) is 50.4 Å². The van der Waals surface area contributed by atoms with Crippen molar-refractivity contribution in [1.29, 1.82) is 0 Å². The van der Waals surface area contributed by atoms with Gasteiger partial charge in [0.2, 0.25) is 0 Å². The molecule has 2 aliphatic rings. The summed E-state index contributed by atoms with van der Waals surface area (Å²) in [5.74, 6) is -0.633. The minimum absolute atomic E-state index is 0.0404. The van der Waals surface area contributed by atoms with Gasteiger partial charge in [-0.1, -0.05) is 0 Å². The van der Waals surface area contributed by atoms with E-state index in [0.717, 1.165) is 4.68 Å². The van der Waals surface area contributed by atoms with Crippen LogP contribution in [0.4, 0.5) is 17.6 Å². The number of nitrogens with one attached hydrogen (secondary N) is 1. The van der Waals surface area contributed by atoms with Gasteiger partial charge in [0.1, 0.15) is 18.0 Å². The van der Waals surface area contributed by atoms with Crippen LogP contribution in [0.2, 0.25) is 0 Å².